The van der Waals surface area contributed by atoms with Gasteiger partial charge in [-0.15, -0.1) is 11.3 Å². The monoisotopic (exact) mass is 210 g/mol. The highest BCUT2D eigenvalue weighted by molar-refractivity contribution is 7.15. The molecular weight excluding hydrogens is 204 g/mol. The fourth-order valence-electron chi connectivity index (χ4n) is 1.17. The van der Waals surface area contributed by atoms with Gasteiger partial charge in [0.1, 0.15) is 5.56 Å². The van der Waals surface area contributed by atoms with Gasteiger partial charge in [-0.3, -0.25) is 9.20 Å². The molecule has 0 aromatic carbocycles. The average molecular weight is 210 g/mol. The van der Waals surface area contributed by atoms with Gasteiger partial charge in [0.2, 0.25) is 0 Å². The van der Waals surface area contributed by atoms with Crippen LogP contribution in [0.15, 0.2) is 16.4 Å². The van der Waals surface area contributed by atoms with Gasteiger partial charge in [-0.05, 0) is 6.92 Å². The molecule has 2 rings (SSSR count). The minimum atomic E-state index is -1.25. The number of carboxylic acid groups (broad SMARTS) is 1. The smallest absolute Gasteiger partial charge is 0.342 e. The first-order chi connectivity index (χ1) is 6.61. The van der Waals surface area contributed by atoms with Gasteiger partial charge in [-0.2, -0.15) is 0 Å². The van der Waals surface area contributed by atoms with Crippen molar-refractivity contribution in [1.82, 2.24) is 9.38 Å². The maximum atomic E-state index is 11.6. The maximum absolute atomic E-state index is 11.6. The summed E-state index contributed by atoms with van der Waals surface area (Å²) in [4.78, 5) is 26.6. The molecule has 0 unspecified atom stereocenters. The van der Waals surface area contributed by atoms with Gasteiger partial charge >= 0.3 is 5.97 Å². The molecule has 0 aliphatic rings. The summed E-state index contributed by atoms with van der Waals surface area (Å²) in [7, 11) is 0. The lowest BCUT2D eigenvalue weighted by Crippen LogP contribution is -2.22. The van der Waals surface area contributed by atoms with Crippen molar-refractivity contribution < 1.29 is 9.90 Å². The van der Waals surface area contributed by atoms with Crippen molar-refractivity contribution in [2.75, 3.05) is 0 Å². The quantitative estimate of drug-likeness (QED) is 0.754. The van der Waals surface area contributed by atoms with E-state index in [1.54, 1.807) is 12.3 Å². The molecule has 0 radical (unpaired) electrons. The molecule has 0 amide bonds. The summed E-state index contributed by atoms with van der Waals surface area (Å²) in [6, 6.07) is 0. The second-order valence-electron chi connectivity index (χ2n) is 2.78. The average Bonchev–Trinajstić information content (AvgIpc) is 2.48. The number of rotatable bonds is 1. The van der Waals surface area contributed by atoms with Gasteiger partial charge in [0.15, 0.2) is 4.96 Å². The Bertz CT molecular complexity index is 569. The molecule has 2 aromatic rings. The van der Waals surface area contributed by atoms with Gasteiger partial charge in [-0.1, -0.05) is 0 Å². The third kappa shape index (κ3) is 1.12. The van der Waals surface area contributed by atoms with E-state index >= 15 is 0 Å². The molecule has 1 N–H and O–H groups in total. The first-order valence-corrected chi connectivity index (χ1v) is 4.68. The first kappa shape index (κ1) is 8.89. The molecule has 14 heavy (non-hydrogen) atoms. The fraction of sp³-hybridized carbons (Fsp3) is 0.125. The number of aromatic nitrogens is 2. The predicted molar refractivity (Wildman–Crippen MR) is 51.0 cm³/mol. The summed E-state index contributed by atoms with van der Waals surface area (Å²) in [5, 5.41) is 10.5. The molecular formula is C8H6N2O3S. The van der Waals surface area contributed by atoms with Crippen LogP contribution in [0.1, 0.15) is 16.1 Å². The van der Waals surface area contributed by atoms with Crippen molar-refractivity contribution in [3.8, 4) is 0 Å². The number of aromatic carboxylic acids is 1. The van der Waals surface area contributed by atoms with Crippen molar-refractivity contribution >= 4 is 22.3 Å². The van der Waals surface area contributed by atoms with Crippen LogP contribution < -0.4 is 5.56 Å². The molecule has 0 fully saturated rings. The lowest BCUT2D eigenvalue weighted by atomic mass is 10.3. The minimum absolute atomic E-state index is 0.302. The molecule has 0 aliphatic heterocycles. The summed E-state index contributed by atoms with van der Waals surface area (Å²) in [6.07, 6.45) is 1.09. The molecule has 0 saturated heterocycles. The van der Waals surface area contributed by atoms with Crippen LogP contribution in [0.25, 0.3) is 4.96 Å². The number of carboxylic acids is 1. The number of aryl methyl sites for hydroxylation is 1. The highest BCUT2D eigenvalue weighted by atomic mass is 32.1. The number of thiazole rings is 1. The van der Waals surface area contributed by atoms with Gasteiger partial charge in [0.25, 0.3) is 5.56 Å². The molecule has 6 heteroatoms. The standard InChI is InChI=1S/C8H6N2O3S/c1-4-3-14-8-9-2-5(7(12)13)6(11)10(4)8/h2-3H,1H3,(H,12,13). The first-order valence-electron chi connectivity index (χ1n) is 3.80. The minimum Gasteiger partial charge on any atom is -0.477 e. The number of fused-ring (bicyclic) bond motifs is 1. The van der Waals surface area contributed by atoms with Crippen LogP contribution in [-0.4, -0.2) is 20.5 Å². The zero-order chi connectivity index (χ0) is 10.3. The second-order valence-corrected chi connectivity index (χ2v) is 3.61. The lowest BCUT2D eigenvalue weighted by molar-refractivity contribution is 0.0694. The zero-order valence-corrected chi connectivity index (χ0v) is 8.04. The van der Waals surface area contributed by atoms with E-state index in [4.69, 9.17) is 5.11 Å². The second kappa shape index (κ2) is 2.91. The van der Waals surface area contributed by atoms with Crippen molar-refractivity contribution in [2.24, 2.45) is 0 Å². The molecule has 5 nitrogen and oxygen atoms in total. The van der Waals surface area contributed by atoms with E-state index in [9.17, 15) is 9.59 Å². The summed E-state index contributed by atoms with van der Waals surface area (Å²) < 4.78 is 1.30. The van der Waals surface area contributed by atoms with Crippen LogP contribution in [0, 0.1) is 6.92 Å². The third-order valence-corrected chi connectivity index (χ3v) is 2.80. The van der Waals surface area contributed by atoms with E-state index in [0.717, 1.165) is 6.20 Å². The summed E-state index contributed by atoms with van der Waals surface area (Å²) in [6.45, 7) is 1.73. The van der Waals surface area contributed by atoms with Crippen molar-refractivity contribution in [3.05, 3.63) is 33.2 Å². The van der Waals surface area contributed by atoms with Crippen LogP contribution in [0.3, 0.4) is 0 Å². The van der Waals surface area contributed by atoms with Gasteiger partial charge in [0, 0.05) is 11.1 Å². The van der Waals surface area contributed by atoms with Crippen molar-refractivity contribution in [2.45, 2.75) is 6.92 Å². The van der Waals surface area contributed by atoms with E-state index in [2.05, 4.69) is 4.98 Å². The fourth-order valence-corrected chi connectivity index (χ4v) is 2.00. The highest BCUT2D eigenvalue weighted by Crippen LogP contribution is 2.10. The number of nitrogens with zero attached hydrogens (tertiary/aromatic N) is 2. The maximum Gasteiger partial charge on any atom is 0.342 e. The number of carbonyl (C=O) groups is 1. The third-order valence-electron chi connectivity index (χ3n) is 1.85. The van der Waals surface area contributed by atoms with E-state index in [1.165, 1.54) is 15.7 Å². The molecule has 0 atom stereocenters. The van der Waals surface area contributed by atoms with E-state index < -0.39 is 11.5 Å². The topological polar surface area (TPSA) is 71.7 Å². The molecule has 2 heterocycles. The van der Waals surface area contributed by atoms with Crippen LogP contribution in [-0.2, 0) is 0 Å². The Morgan fingerprint density at radius 3 is 3.00 bits per heavy atom. The summed E-state index contributed by atoms with van der Waals surface area (Å²) in [5.41, 5.74) is -0.129. The Balaban J connectivity index is 2.93. The molecule has 0 aliphatic carbocycles. The van der Waals surface area contributed by atoms with Crippen molar-refractivity contribution in [3.63, 3.8) is 0 Å². The van der Waals surface area contributed by atoms with Crippen LogP contribution in [0.2, 0.25) is 0 Å². The Hall–Kier alpha value is -1.69. The SMILES string of the molecule is Cc1csc2ncc(C(=O)O)c(=O)n12. The molecule has 0 spiro atoms. The van der Waals surface area contributed by atoms with Crippen molar-refractivity contribution in [1.29, 1.82) is 0 Å². The summed E-state index contributed by atoms with van der Waals surface area (Å²) in [5.74, 6) is -1.25. The molecule has 0 saturated carbocycles. The van der Waals surface area contributed by atoms with Gasteiger partial charge in [0.05, 0.1) is 6.20 Å². The molecule has 72 valence electrons. The van der Waals surface area contributed by atoms with E-state index in [1.807, 2.05) is 0 Å². The largest absolute Gasteiger partial charge is 0.477 e. The molecule has 0 bridgehead atoms. The van der Waals surface area contributed by atoms with Crippen LogP contribution >= 0.6 is 11.3 Å². The Morgan fingerprint density at radius 1 is 1.64 bits per heavy atom. The normalized spacial score (nSPS) is 10.6. The lowest BCUT2D eigenvalue weighted by Gasteiger charge is -1.96. The molecule has 2 aromatic heterocycles. The van der Waals surface area contributed by atoms with Crippen LogP contribution in [0.4, 0.5) is 0 Å². The van der Waals surface area contributed by atoms with Crippen LogP contribution in [0.5, 0.6) is 0 Å². The Labute approximate surface area is 82.3 Å². The zero-order valence-electron chi connectivity index (χ0n) is 7.22. The van der Waals surface area contributed by atoms with Gasteiger partial charge in [-0.25, -0.2) is 9.78 Å². The number of hydrogen-bond acceptors (Lipinski definition) is 4. The van der Waals surface area contributed by atoms with E-state index in [0.29, 0.717) is 10.7 Å². The number of hydrogen-bond donors (Lipinski definition) is 1. The Kier molecular flexibility index (Phi) is 1.85. The Morgan fingerprint density at radius 2 is 2.36 bits per heavy atom. The highest BCUT2D eigenvalue weighted by Gasteiger charge is 2.13. The summed E-state index contributed by atoms with van der Waals surface area (Å²) >= 11 is 1.31. The van der Waals surface area contributed by atoms with Gasteiger partial charge < -0.3 is 5.11 Å². The van der Waals surface area contributed by atoms with E-state index in [-0.39, 0.29) is 5.56 Å². The predicted octanol–water partition coefficient (Wildman–Crippen LogP) is 0.763.